The number of rotatable bonds is 2. The minimum absolute atomic E-state index is 0.0297. The van der Waals surface area contributed by atoms with Gasteiger partial charge in [-0.3, -0.25) is 9.59 Å². The lowest BCUT2D eigenvalue weighted by atomic mass is 10.1. The van der Waals surface area contributed by atoms with Crippen molar-refractivity contribution in [3.8, 4) is 0 Å². The molecule has 2 aliphatic heterocycles. The van der Waals surface area contributed by atoms with Crippen LogP contribution in [0.15, 0.2) is 22.7 Å². The van der Waals surface area contributed by atoms with Gasteiger partial charge in [-0.1, -0.05) is 6.07 Å². The van der Waals surface area contributed by atoms with Gasteiger partial charge in [0.05, 0.1) is 11.6 Å². The average Bonchev–Trinajstić information content (AvgIpc) is 2.89. The van der Waals surface area contributed by atoms with Crippen LogP contribution in [0.4, 0.5) is 5.69 Å². The molecule has 1 atom stereocenters. The number of anilines is 1. The summed E-state index contributed by atoms with van der Waals surface area (Å²) in [5.41, 5.74) is 1.99. The molecule has 2 aliphatic rings. The highest BCUT2D eigenvalue weighted by atomic mass is 79.9. The normalized spacial score (nSPS) is 22.7. The second kappa shape index (κ2) is 6.61. The Morgan fingerprint density at radius 3 is 2.57 bits per heavy atom. The third-order valence-corrected chi connectivity index (χ3v) is 5.32. The lowest BCUT2D eigenvalue weighted by Gasteiger charge is -2.33. The van der Waals surface area contributed by atoms with Crippen molar-refractivity contribution in [3.05, 3.63) is 28.2 Å². The van der Waals surface area contributed by atoms with E-state index in [1.165, 1.54) is 0 Å². The van der Waals surface area contributed by atoms with Crippen LogP contribution in [-0.4, -0.2) is 61.4 Å². The van der Waals surface area contributed by atoms with Gasteiger partial charge in [0.25, 0.3) is 0 Å². The molecule has 0 aromatic heterocycles. The summed E-state index contributed by atoms with van der Waals surface area (Å²) in [7, 11) is 2.07. The van der Waals surface area contributed by atoms with Crippen molar-refractivity contribution in [2.75, 3.05) is 44.7 Å². The molecule has 1 aromatic rings. The minimum Gasteiger partial charge on any atom is -0.340 e. The Bertz CT molecular complexity index is 626. The summed E-state index contributed by atoms with van der Waals surface area (Å²) in [4.78, 5) is 30.9. The van der Waals surface area contributed by atoms with E-state index in [9.17, 15) is 9.59 Å². The Morgan fingerprint density at radius 1 is 1.22 bits per heavy atom. The fourth-order valence-corrected chi connectivity index (χ4v) is 3.93. The summed E-state index contributed by atoms with van der Waals surface area (Å²) in [5, 5.41) is 0. The molecule has 5 nitrogen and oxygen atoms in total. The van der Waals surface area contributed by atoms with Crippen molar-refractivity contribution in [1.82, 2.24) is 9.80 Å². The molecule has 2 saturated heterocycles. The number of amides is 2. The molecule has 0 aliphatic carbocycles. The van der Waals surface area contributed by atoms with Crippen LogP contribution in [0.3, 0.4) is 0 Å². The van der Waals surface area contributed by atoms with E-state index in [-0.39, 0.29) is 17.7 Å². The van der Waals surface area contributed by atoms with Gasteiger partial charge in [-0.15, -0.1) is 0 Å². The van der Waals surface area contributed by atoms with Gasteiger partial charge in [0.15, 0.2) is 0 Å². The van der Waals surface area contributed by atoms with E-state index in [1.807, 2.05) is 30.0 Å². The topological polar surface area (TPSA) is 43.9 Å². The lowest BCUT2D eigenvalue weighted by Crippen LogP contribution is -2.49. The van der Waals surface area contributed by atoms with Gasteiger partial charge in [-0.25, -0.2) is 0 Å². The van der Waals surface area contributed by atoms with Crippen molar-refractivity contribution in [2.24, 2.45) is 5.92 Å². The Balaban J connectivity index is 1.71. The summed E-state index contributed by atoms with van der Waals surface area (Å²) in [5.74, 6) is -0.0710. The van der Waals surface area contributed by atoms with Crippen LogP contribution >= 0.6 is 15.9 Å². The van der Waals surface area contributed by atoms with E-state index in [4.69, 9.17) is 0 Å². The van der Waals surface area contributed by atoms with E-state index in [0.717, 1.165) is 41.9 Å². The highest BCUT2D eigenvalue weighted by molar-refractivity contribution is 9.10. The molecule has 1 aromatic carbocycles. The van der Waals surface area contributed by atoms with Crippen LogP contribution in [0.1, 0.15) is 12.0 Å². The van der Waals surface area contributed by atoms with E-state index < -0.39 is 0 Å². The Morgan fingerprint density at radius 2 is 1.91 bits per heavy atom. The van der Waals surface area contributed by atoms with Crippen LogP contribution in [0.25, 0.3) is 0 Å². The standard InChI is InChI=1S/C17H22BrN3O2/c1-12-3-4-15(14(18)9-12)21-11-13(10-16(21)22)17(23)20-7-5-19(2)6-8-20/h3-4,9,13H,5-8,10-11H2,1-2H3. The Hall–Kier alpha value is -1.40. The van der Waals surface area contributed by atoms with Crippen LogP contribution in [0, 0.1) is 12.8 Å². The predicted molar refractivity (Wildman–Crippen MR) is 93.4 cm³/mol. The summed E-state index contributed by atoms with van der Waals surface area (Å²) >= 11 is 3.53. The molecule has 2 fully saturated rings. The first-order valence-corrected chi connectivity index (χ1v) is 8.79. The number of likely N-dealkylation sites (N-methyl/N-ethyl adjacent to an activating group) is 1. The minimum atomic E-state index is -0.223. The maximum absolute atomic E-state index is 12.7. The second-order valence-corrected chi connectivity index (χ2v) is 7.34. The molecular weight excluding hydrogens is 358 g/mol. The zero-order valence-electron chi connectivity index (χ0n) is 13.6. The third-order valence-electron chi connectivity index (χ3n) is 4.68. The second-order valence-electron chi connectivity index (χ2n) is 6.49. The van der Waals surface area contributed by atoms with Gasteiger partial charge in [-0.2, -0.15) is 0 Å². The highest BCUT2D eigenvalue weighted by Gasteiger charge is 2.38. The molecule has 0 bridgehead atoms. The number of benzene rings is 1. The zero-order valence-corrected chi connectivity index (χ0v) is 15.2. The predicted octanol–water partition coefficient (Wildman–Crippen LogP) is 1.88. The number of hydrogen-bond acceptors (Lipinski definition) is 3. The van der Waals surface area contributed by atoms with Gasteiger partial charge in [-0.05, 0) is 47.6 Å². The number of carbonyl (C=O) groups is 2. The monoisotopic (exact) mass is 379 g/mol. The van der Waals surface area contributed by atoms with Crippen molar-refractivity contribution in [1.29, 1.82) is 0 Å². The first-order valence-electron chi connectivity index (χ1n) is 7.99. The van der Waals surface area contributed by atoms with Crippen LogP contribution in [0.5, 0.6) is 0 Å². The number of hydrogen-bond donors (Lipinski definition) is 0. The van der Waals surface area contributed by atoms with Gasteiger partial charge in [0.2, 0.25) is 11.8 Å². The maximum Gasteiger partial charge on any atom is 0.228 e. The van der Waals surface area contributed by atoms with Crippen molar-refractivity contribution >= 4 is 33.4 Å². The summed E-state index contributed by atoms with van der Waals surface area (Å²) in [6, 6.07) is 5.93. The summed E-state index contributed by atoms with van der Waals surface area (Å²) < 4.78 is 0.901. The Kier molecular flexibility index (Phi) is 4.73. The molecule has 2 heterocycles. The van der Waals surface area contributed by atoms with Gasteiger partial charge < -0.3 is 14.7 Å². The van der Waals surface area contributed by atoms with Crippen LogP contribution in [-0.2, 0) is 9.59 Å². The Labute approximate surface area is 145 Å². The number of piperazine rings is 1. The summed E-state index contributed by atoms with van der Waals surface area (Å²) in [6.07, 6.45) is 0.311. The van der Waals surface area contributed by atoms with Crippen molar-refractivity contribution in [3.63, 3.8) is 0 Å². The molecule has 23 heavy (non-hydrogen) atoms. The molecule has 0 radical (unpaired) electrons. The van der Waals surface area contributed by atoms with Gasteiger partial charge in [0, 0.05) is 43.6 Å². The number of aryl methyl sites for hydroxylation is 1. The number of nitrogens with zero attached hydrogens (tertiary/aromatic N) is 3. The molecule has 0 spiro atoms. The van der Waals surface area contributed by atoms with E-state index in [0.29, 0.717) is 13.0 Å². The van der Waals surface area contributed by atoms with Gasteiger partial charge in [0.1, 0.15) is 0 Å². The molecular formula is C17H22BrN3O2. The van der Waals surface area contributed by atoms with E-state index >= 15 is 0 Å². The molecule has 3 rings (SSSR count). The first-order chi connectivity index (χ1) is 11.0. The van der Waals surface area contributed by atoms with Crippen LogP contribution in [0.2, 0.25) is 0 Å². The zero-order chi connectivity index (χ0) is 16.6. The maximum atomic E-state index is 12.7. The quantitative estimate of drug-likeness (QED) is 0.787. The fraction of sp³-hybridized carbons (Fsp3) is 0.529. The molecule has 124 valence electrons. The molecule has 0 N–H and O–H groups in total. The number of carbonyl (C=O) groups excluding carboxylic acids is 2. The highest BCUT2D eigenvalue weighted by Crippen LogP contribution is 2.32. The van der Waals surface area contributed by atoms with Crippen molar-refractivity contribution < 1.29 is 9.59 Å². The fourth-order valence-electron chi connectivity index (χ4n) is 3.22. The van der Waals surface area contributed by atoms with Crippen molar-refractivity contribution in [2.45, 2.75) is 13.3 Å². The average molecular weight is 380 g/mol. The smallest absolute Gasteiger partial charge is 0.228 e. The SMILES string of the molecule is Cc1ccc(N2CC(C(=O)N3CCN(C)CC3)CC2=O)c(Br)c1. The third kappa shape index (κ3) is 3.43. The lowest BCUT2D eigenvalue weighted by molar-refractivity contribution is -0.137. The first kappa shape index (κ1) is 16.5. The molecule has 0 saturated carbocycles. The van der Waals surface area contributed by atoms with E-state index in [2.05, 4.69) is 27.9 Å². The molecule has 1 unspecified atom stereocenters. The summed E-state index contributed by atoms with van der Waals surface area (Å²) in [6.45, 7) is 5.81. The molecule has 2 amide bonds. The van der Waals surface area contributed by atoms with E-state index in [1.54, 1.807) is 4.90 Å². The number of halogens is 1. The largest absolute Gasteiger partial charge is 0.340 e. The molecule has 6 heteroatoms. The van der Waals surface area contributed by atoms with Crippen LogP contribution < -0.4 is 4.90 Å². The van der Waals surface area contributed by atoms with Gasteiger partial charge >= 0.3 is 0 Å².